The molecular formula is C15H25BrN4O2. The summed E-state index contributed by atoms with van der Waals surface area (Å²) in [5.41, 5.74) is 2.02. The summed E-state index contributed by atoms with van der Waals surface area (Å²) in [7, 11) is 0. The van der Waals surface area contributed by atoms with Crippen molar-refractivity contribution in [3.63, 3.8) is 0 Å². The second kappa shape index (κ2) is 8.08. The standard InChI is InChI=1S/C15H25BrN4O2/c1-11(10-20-13(3)14(16)12(2)18-20)15(21)17-4-5-19-6-8-22-9-7-19/h11H,4-10H2,1-3H3,(H,17,21). The summed E-state index contributed by atoms with van der Waals surface area (Å²) in [6, 6.07) is 0. The predicted molar refractivity (Wildman–Crippen MR) is 88.8 cm³/mol. The Hall–Kier alpha value is -0.920. The Morgan fingerprint density at radius 2 is 2.09 bits per heavy atom. The van der Waals surface area contributed by atoms with E-state index in [0.29, 0.717) is 13.1 Å². The van der Waals surface area contributed by atoms with Gasteiger partial charge in [0.2, 0.25) is 5.91 Å². The van der Waals surface area contributed by atoms with E-state index in [0.717, 1.165) is 48.7 Å². The van der Waals surface area contributed by atoms with E-state index in [4.69, 9.17) is 4.74 Å². The first-order valence-corrected chi connectivity index (χ1v) is 8.55. The van der Waals surface area contributed by atoms with Crippen LogP contribution in [0.4, 0.5) is 0 Å². The average molecular weight is 373 g/mol. The summed E-state index contributed by atoms with van der Waals surface area (Å²) in [6.45, 7) is 11.5. The molecule has 1 amide bonds. The molecule has 1 N–H and O–H groups in total. The number of nitrogens with zero attached hydrogens (tertiary/aromatic N) is 3. The Balaban J connectivity index is 1.75. The van der Waals surface area contributed by atoms with E-state index in [1.165, 1.54) is 0 Å². The first-order valence-electron chi connectivity index (χ1n) is 7.76. The lowest BCUT2D eigenvalue weighted by atomic mass is 10.1. The molecule has 7 heteroatoms. The minimum absolute atomic E-state index is 0.0805. The highest BCUT2D eigenvalue weighted by atomic mass is 79.9. The van der Waals surface area contributed by atoms with Crippen LogP contribution < -0.4 is 5.32 Å². The monoisotopic (exact) mass is 372 g/mol. The molecule has 1 aromatic rings. The number of hydrogen-bond acceptors (Lipinski definition) is 4. The molecule has 1 fully saturated rings. The van der Waals surface area contributed by atoms with Crippen molar-refractivity contribution in [1.29, 1.82) is 0 Å². The van der Waals surface area contributed by atoms with Crippen molar-refractivity contribution in [2.24, 2.45) is 5.92 Å². The quantitative estimate of drug-likeness (QED) is 0.818. The van der Waals surface area contributed by atoms with Crippen LogP contribution >= 0.6 is 15.9 Å². The summed E-state index contributed by atoms with van der Waals surface area (Å²) in [6.07, 6.45) is 0. The molecule has 1 aliphatic rings. The molecule has 0 radical (unpaired) electrons. The van der Waals surface area contributed by atoms with Gasteiger partial charge in [0, 0.05) is 31.9 Å². The zero-order valence-electron chi connectivity index (χ0n) is 13.6. The highest BCUT2D eigenvalue weighted by molar-refractivity contribution is 9.10. The molecule has 0 aliphatic carbocycles. The van der Waals surface area contributed by atoms with E-state index in [9.17, 15) is 4.79 Å². The van der Waals surface area contributed by atoms with Gasteiger partial charge in [-0.25, -0.2) is 0 Å². The zero-order chi connectivity index (χ0) is 16.1. The van der Waals surface area contributed by atoms with Crippen molar-refractivity contribution in [3.8, 4) is 0 Å². The third-order valence-corrected chi connectivity index (χ3v) is 5.17. The van der Waals surface area contributed by atoms with E-state index in [1.54, 1.807) is 0 Å². The van der Waals surface area contributed by atoms with Gasteiger partial charge in [-0.15, -0.1) is 0 Å². The van der Waals surface area contributed by atoms with Crippen molar-refractivity contribution >= 4 is 21.8 Å². The maximum Gasteiger partial charge on any atom is 0.224 e. The highest BCUT2D eigenvalue weighted by Gasteiger charge is 2.17. The Morgan fingerprint density at radius 3 is 2.68 bits per heavy atom. The number of morpholine rings is 1. The SMILES string of the molecule is Cc1nn(CC(C)C(=O)NCCN2CCOCC2)c(C)c1Br. The van der Waals surface area contributed by atoms with Gasteiger partial charge in [-0.2, -0.15) is 5.10 Å². The fraction of sp³-hybridized carbons (Fsp3) is 0.733. The van der Waals surface area contributed by atoms with Crippen molar-refractivity contribution in [1.82, 2.24) is 20.0 Å². The number of halogens is 1. The number of nitrogens with one attached hydrogen (secondary N) is 1. The summed E-state index contributed by atoms with van der Waals surface area (Å²) < 4.78 is 8.23. The molecule has 22 heavy (non-hydrogen) atoms. The minimum Gasteiger partial charge on any atom is -0.379 e. The summed E-state index contributed by atoms with van der Waals surface area (Å²) in [4.78, 5) is 14.5. The molecular weight excluding hydrogens is 348 g/mol. The van der Waals surface area contributed by atoms with Gasteiger partial charge in [-0.3, -0.25) is 14.4 Å². The van der Waals surface area contributed by atoms with E-state index in [1.807, 2.05) is 25.5 Å². The van der Waals surface area contributed by atoms with Gasteiger partial charge in [0.15, 0.2) is 0 Å². The maximum absolute atomic E-state index is 12.2. The lowest BCUT2D eigenvalue weighted by molar-refractivity contribution is -0.125. The Morgan fingerprint density at radius 1 is 1.41 bits per heavy atom. The van der Waals surface area contributed by atoms with Crippen molar-refractivity contribution in [3.05, 3.63) is 15.9 Å². The number of aryl methyl sites for hydroxylation is 1. The second-order valence-corrected chi connectivity index (χ2v) is 6.61. The molecule has 1 unspecified atom stereocenters. The number of amides is 1. The Labute approximate surface area is 140 Å². The number of rotatable bonds is 6. The van der Waals surface area contributed by atoms with Crippen LogP contribution in [0.25, 0.3) is 0 Å². The largest absolute Gasteiger partial charge is 0.379 e. The van der Waals surface area contributed by atoms with Gasteiger partial charge in [0.1, 0.15) is 0 Å². The average Bonchev–Trinajstić information content (AvgIpc) is 2.75. The van der Waals surface area contributed by atoms with Gasteiger partial charge >= 0.3 is 0 Å². The molecule has 2 rings (SSSR count). The molecule has 0 spiro atoms. The molecule has 1 aromatic heterocycles. The van der Waals surface area contributed by atoms with Crippen molar-refractivity contribution < 1.29 is 9.53 Å². The smallest absolute Gasteiger partial charge is 0.224 e. The molecule has 1 saturated heterocycles. The maximum atomic E-state index is 12.2. The van der Waals surface area contributed by atoms with E-state index < -0.39 is 0 Å². The zero-order valence-corrected chi connectivity index (χ0v) is 15.1. The van der Waals surface area contributed by atoms with Gasteiger partial charge in [0.05, 0.1) is 35.8 Å². The first-order chi connectivity index (χ1) is 10.5. The lowest BCUT2D eigenvalue weighted by Gasteiger charge is -2.26. The number of hydrogen-bond donors (Lipinski definition) is 1. The lowest BCUT2D eigenvalue weighted by Crippen LogP contribution is -2.42. The third kappa shape index (κ3) is 4.54. The number of ether oxygens (including phenoxy) is 1. The normalized spacial score (nSPS) is 17.5. The Kier molecular flexibility index (Phi) is 6.40. The van der Waals surface area contributed by atoms with Gasteiger partial charge in [0.25, 0.3) is 0 Å². The van der Waals surface area contributed by atoms with Crippen LogP contribution in [0.3, 0.4) is 0 Å². The molecule has 0 aromatic carbocycles. The molecule has 124 valence electrons. The summed E-state index contributed by atoms with van der Waals surface area (Å²) >= 11 is 3.51. The molecule has 2 heterocycles. The topological polar surface area (TPSA) is 59.4 Å². The second-order valence-electron chi connectivity index (χ2n) is 5.81. The van der Waals surface area contributed by atoms with E-state index in [-0.39, 0.29) is 11.8 Å². The van der Waals surface area contributed by atoms with Crippen molar-refractivity contribution in [2.45, 2.75) is 27.3 Å². The fourth-order valence-corrected chi connectivity index (χ4v) is 2.82. The van der Waals surface area contributed by atoms with Crippen LogP contribution in [0.5, 0.6) is 0 Å². The third-order valence-electron chi connectivity index (χ3n) is 4.02. The van der Waals surface area contributed by atoms with Crippen LogP contribution in [0.1, 0.15) is 18.3 Å². The number of carbonyl (C=O) groups excluding carboxylic acids is 1. The van der Waals surface area contributed by atoms with Gasteiger partial charge in [-0.05, 0) is 29.8 Å². The van der Waals surface area contributed by atoms with Crippen molar-refractivity contribution in [2.75, 3.05) is 39.4 Å². The van der Waals surface area contributed by atoms with Gasteiger partial charge < -0.3 is 10.1 Å². The minimum atomic E-state index is -0.102. The molecule has 6 nitrogen and oxygen atoms in total. The van der Waals surface area contributed by atoms with E-state index in [2.05, 4.69) is 31.2 Å². The van der Waals surface area contributed by atoms with Crippen LogP contribution in [0.15, 0.2) is 4.47 Å². The van der Waals surface area contributed by atoms with Crippen LogP contribution in [0, 0.1) is 19.8 Å². The summed E-state index contributed by atoms with van der Waals surface area (Å²) in [5.74, 6) is -0.0217. The summed E-state index contributed by atoms with van der Waals surface area (Å²) in [5, 5.41) is 7.47. The molecule has 0 bridgehead atoms. The predicted octanol–water partition coefficient (Wildman–Crippen LogP) is 1.35. The van der Waals surface area contributed by atoms with E-state index >= 15 is 0 Å². The fourth-order valence-electron chi connectivity index (χ4n) is 2.53. The van der Waals surface area contributed by atoms with Crippen LogP contribution in [0.2, 0.25) is 0 Å². The molecule has 1 atom stereocenters. The van der Waals surface area contributed by atoms with Crippen LogP contribution in [-0.4, -0.2) is 60.0 Å². The highest BCUT2D eigenvalue weighted by Crippen LogP contribution is 2.20. The Bertz CT molecular complexity index is 512. The number of carbonyl (C=O) groups is 1. The van der Waals surface area contributed by atoms with Crippen LogP contribution in [-0.2, 0) is 16.1 Å². The number of aromatic nitrogens is 2. The molecule has 0 saturated carbocycles. The van der Waals surface area contributed by atoms with Gasteiger partial charge in [-0.1, -0.05) is 6.92 Å². The molecule has 1 aliphatic heterocycles. The first kappa shape index (κ1) is 17.4.